The molecule has 1 N–H and O–H groups in total. The van der Waals surface area contributed by atoms with Crippen LogP contribution in [0.25, 0.3) is 0 Å². The molecule has 0 saturated heterocycles. The van der Waals surface area contributed by atoms with E-state index in [0.717, 1.165) is 29.8 Å². The highest BCUT2D eigenvalue weighted by atomic mass is 32.1. The highest BCUT2D eigenvalue weighted by Gasteiger charge is 2.33. The van der Waals surface area contributed by atoms with Crippen molar-refractivity contribution in [3.8, 4) is 0 Å². The lowest BCUT2D eigenvalue weighted by Crippen LogP contribution is -2.42. The molecule has 1 saturated carbocycles. The highest BCUT2D eigenvalue weighted by Crippen LogP contribution is 2.33. The molecule has 6 heteroatoms. The van der Waals surface area contributed by atoms with Crippen LogP contribution < -0.4 is 5.32 Å². The van der Waals surface area contributed by atoms with Gasteiger partial charge < -0.3 is 10.2 Å². The summed E-state index contributed by atoms with van der Waals surface area (Å²) >= 11 is 1.50. The first-order valence-corrected chi connectivity index (χ1v) is 8.25. The van der Waals surface area contributed by atoms with Gasteiger partial charge in [0.25, 0.3) is 0 Å². The molecular weight excluding hydrogens is 286 g/mol. The summed E-state index contributed by atoms with van der Waals surface area (Å²) < 4.78 is 0. The van der Waals surface area contributed by atoms with Crippen LogP contribution in [0.1, 0.15) is 44.2 Å². The Balaban J connectivity index is 1.70. The Kier molecular flexibility index (Phi) is 3.51. The van der Waals surface area contributed by atoms with E-state index in [1.807, 2.05) is 25.7 Å². The third-order valence-electron chi connectivity index (χ3n) is 3.84. The van der Waals surface area contributed by atoms with Gasteiger partial charge in [-0.3, -0.25) is 9.59 Å². The van der Waals surface area contributed by atoms with E-state index in [4.69, 9.17) is 0 Å². The van der Waals surface area contributed by atoms with E-state index in [1.165, 1.54) is 11.3 Å². The minimum Gasteiger partial charge on any atom is -0.337 e. The standard InChI is InChI=1S/C15H21N3O2S/c1-15(2,3)13(20)18-7-6-10-11(8-18)21-14(16-10)17-12(19)9-4-5-9/h9H,4-8H2,1-3H3,(H,16,17,19). The van der Waals surface area contributed by atoms with Crippen LogP contribution in [-0.4, -0.2) is 28.2 Å². The number of carbonyl (C=O) groups is 2. The average molecular weight is 307 g/mol. The molecule has 0 aromatic carbocycles. The van der Waals surface area contributed by atoms with Gasteiger partial charge in [-0.15, -0.1) is 0 Å². The summed E-state index contributed by atoms with van der Waals surface area (Å²) in [6.07, 6.45) is 2.75. The van der Waals surface area contributed by atoms with Gasteiger partial charge in [0.2, 0.25) is 11.8 Å². The van der Waals surface area contributed by atoms with Crippen molar-refractivity contribution >= 4 is 28.3 Å². The van der Waals surface area contributed by atoms with Gasteiger partial charge in [0, 0.05) is 29.2 Å². The van der Waals surface area contributed by atoms with Crippen molar-refractivity contribution in [2.75, 3.05) is 11.9 Å². The van der Waals surface area contributed by atoms with Gasteiger partial charge in [0.05, 0.1) is 12.2 Å². The summed E-state index contributed by atoms with van der Waals surface area (Å²) in [5, 5.41) is 3.58. The first-order chi connectivity index (χ1) is 9.84. The average Bonchev–Trinajstić information content (AvgIpc) is 3.17. The molecule has 0 atom stereocenters. The van der Waals surface area contributed by atoms with Crippen molar-refractivity contribution in [3.05, 3.63) is 10.6 Å². The number of fused-ring (bicyclic) bond motifs is 1. The van der Waals surface area contributed by atoms with E-state index in [1.54, 1.807) is 0 Å². The number of hydrogen-bond acceptors (Lipinski definition) is 4. The lowest BCUT2D eigenvalue weighted by Gasteiger charge is -2.31. The number of thiazole rings is 1. The van der Waals surface area contributed by atoms with Crippen LogP contribution in [0.5, 0.6) is 0 Å². The second-order valence-electron chi connectivity index (χ2n) is 6.88. The van der Waals surface area contributed by atoms with Gasteiger partial charge in [-0.2, -0.15) is 0 Å². The first kappa shape index (κ1) is 14.5. The Morgan fingerprint density at radius 1 is 1.33 bits per heavy atom. The fourth-order valence-electron chi connectivity index (χ4n) is 2.45. The van der Waals surface area contributed by atoms with Crippen LogP contribution in [0.4, 0.5) is 5.13 Å². The van der Waals surface area contributed by atoms with Gasteiger partial charge >= 0.3 is 0 Å². The highest BCUT2D eigenvalue weighted by molar-refractivity contribution is 7.15. The Labute approximate surface area is 128 Å². The molecule has 0 unspecified atom stereocenters. The molecule has 0 radical (unpaired) electrons. The first-order valence-electron chi connectivity index (χ1n) is 7.43. The fourth-order valence-corrected chi connectivity index (χ4v) is 3.48. The summed E-state index contributed by atoms with van der Waals surface area (Å²) in [5.41, 5.74) is 0.676. The number of carbonyl (C=O) groups excluding carboxylic acids is 2. The maximum Gasteiger partial charge on any atom is 0.229 e. The number of amides is 2. The predicted octanol–water partition coefficient (Wildman–Crippen LogP) is 2.42. The second kappa shape index (κ2) is 5.09. The molecule has 114 valence electrons. The van der Waals surface area contributed by atoms with E-state index >= 15 is 0 Å². The van der Waals surface area contributed by atoms with Crippen molar-refractivity contribution in [3.63, 3.8) is 0 Å². The Bertz CT molecular complexity index is 584. The number of aromatic nitrogens is 1. The third-order valence-corrected chi connectivity index (χ3v) is 4.84. The van der Waals surface area contributed by atoms with Gasteiger partial charge in [-0.05, 0) is 12.8 Å². The molecule has 3 rings (SSSR count). The van der Waals surface area contributed by atoms with Crippen molar-refractivity contribution in [2.45, 2.75) is 46.6 Å². The van der Waals surface area contributed by atoms with Crippen molar-refractivity contribution in [1.29, 1.82) is 0 Å². The number of anilines is 1. The van der Waals surface area contributed by atoms with Crippen LogP contribution in [0.2, 0.25) is 0 Å². The lowest BCUT2D eigenvalue weighted by molar-refractivity contribution is -0.140. The summed E-state index contributed by atoms with van der Waals surface area (Å²) in [4.78, 5) is 31.6. The molecule has 1 aromatic rings. The number of hydrogen-bond donors (Lipinski definition) is 1. The van der Waals surface area contributed by atoms with Crippen molar-refractivity contribution in [1.82, 2.24) is 9.88 Å². The smallest absolute Gasteiger partial charge is 0.229 e. The van der Waals surface area contributed by atoms with E-state index in [0.29, 0.717) is 18.2 Å². The molecule has 2 aliphatic rings. The summed E-state index contributed by atoms with van der Waals surface area (Å²) in [6.45, 7) is 7.15. The van der Waals surface area contributed by atoms with E-state index in [2.05, 4.69) is 10.3 Å². The van der Waals surface area contributed by atoms with Crippen LogP contribution in [0.3, 0.4) is 0 Å². The normalized spacial score (nSPS) is 18.3. The van der Waals surface area contributed by atoms with E-state index < -0.39 is 0 Å². The molecular formula is C15H21N3O2S. The maximum absolute atomic E-state index is 12.4. The largest absolute Gasteiger partial charge is 0.337 e. The zero-order valence-electron chi connectivity index (χ0n) is 12.7. The monoisotopic (exact) mass is 307 g/mol. The Morgan fingerprint density at radius 2 is 2.05 bits per heavy atom. The van der Waals surface area contributed by atoms with Crippen LogP contribution in [-0.2, 0) is 22.6 Å². The van der Waals surface area contributed by atoms with Crippen molar-refractivity contribution in [2.24, 2.45) is 11.3 Å². The van der Waals surface area contributed by atoms with Crippen LogP contribution in [0.15, 0.2) is 0 Å². The lowest BCUT2D eigenvalue weighted by atomic mass is 9.94. The molecule has 0 spiro atoms. The molecule has 2 amide bonds. The number of nitrogens with one attached hydrogen (secondary N) is 1. The SMILES string of the molecule is CC(C)(C)C(=O)N1CCc2nc(NC(=O)C3CC3)sc2C1. The van der Waals surface area contributed by atoms with Gasteiger partial charge in [-0.25, -0.2) is 4.98 Å². The minimum absolute atomic E-state index is 0.0868. The van der Waals surface area contributed by atoms with E-state index in [-0.39, 0.29) is 23.1 Å². The predicted molar refractivity (Wildman–Crippen MR) is 82.0 cm³/mol. The third kappa shape index (κ3) is 3.10. The molecule has 1 aliphatic heterocycles. The molecule has 1 fully saturated rings. The van der Waals surface area contributed by atoms with E-state index in [9.17, 15) is 9.59 Å². The zero-order valence-corrected chi connectivity index (χ0v) is 13.5. The van der Waals surface area contributed by atoms with Crippen molar-refractivity contribution < 1.29 is 9.59 Å². The van der Waals surface area contributed by atoms with Gasteiger partial charge in [0.1, 0.15) is 0 Å². The van der Waals surface area contributed by atoms with Gasteiger partial charge in [0.15, 0.2) is 5.13 Å². The number of nitrogens with zero attached hydrogens (tertiary/aromatic N) is 2. The summed E-state index contributed by atoms with van der Waals surface area (Å²) in [7, 11) is 0. The summed E-state index contributed by atoms with van der Waals surface area (Å²) in [5.74, 6) is 0.443. The topological polar surface area (TPSA) is 62.3 Å². The summed E-state index contributed by atoms with van der Waals surface area (Å²) in [6, 6.07) is 0. The molecule has 0 bridgehead atoms. The molecule has 1 aliphatic carbocycles. The zero-order chi connectivity index (χ0) is 15.2. The Hall–Kier alpha value is -1.43. The molecule has 2 heterocycles. The molecule has 21 heavy (non-hydrogen) atoms. The van der Waals surface area contributed by atoms with Crippen LogP contribution in [0, 0.1) is 11.3 Å². The minimum atomic E-state index is -0.356. The molecule has 1 aromatic heterocycles. The number of rotatable bonds is 2. The van der Waals surface area contributed by atoms with Gasteiger partial charge in [-0.1, -0.05) is 32.1 Å². The maximum atomic E-state index is 12.4. The Morgan fingerprint density at radius 3 is 2.67 bits per heavy atom. The second-order valence-corrected chi connectivity index (χ2v) is 7.96. The van der Waals surface area contributed by atoms with Crippen LogP contribution >= 0.6 is 11.3 Å². The molecule has 5 nitrogen and oxygen atoms in total. The quantitative estimate of drug-likeness (QED) is 0.912. The fraction of sp³-hybridized carbons (Fsp3) is 0.667.